The first-order valence-corrected chi connectivity index (χ1v) is 19.8. The summed E-state index contributed by atoms with van der Waals surface area (Å²) in [6.07, 6.45) is 7.91. The molecule has 4 atom stereocenters. The van der Waals surface area contributed by atoms with Gasteiger partial charge in [0.15, 0.2) is 6.29 Å². The van der Waals surface area contributed by atoms with E-state index in [9.17, 15) is 14.7 Å². The van der Waals surface area contributed by atoms with Gasteiger partial charge in [-0.15, -0.1) is 0 Å². The maximum atomic E-state index is 13.3. The van der Waals surface area contributed by atoms with E-state index in [1.165, 1.54) is 19.3 Å². The molecule has 4 saturated carbocycles. The van der Waals surface area contributed by atoms with Gasteiger partial charge in [-0.2, -0.15) is 0 Å². The van der Waals surface area contributed by atoms with Crippen LogP contribution in [0, 0.1) is 23.7 Å². The van der Waals surface area contributed by atoms with Crippen LogP contribution in [0.25, 0.3) is 0 Å². The standard InChI is InChI=1S/C43H53N5O5/c1-28-37(25-47-17-15-43(16-18-47)40(50)44-27-48(43)36-5-3-2-4-6-36)52-39(53-38(28)33-9-7-29(26-49)8-10-33)34-11-13-35(14-12-34)45-41(51)46-42-22-30-19-31(23-42)21-32(20-30)24-42/h2-14,28,30-32,37-39,49H,15-27H2,1H3,(H,44,50)(H2,45,46,51)/t28-,30?,31?,32?,37+,38+,39+,42?/m1/s1. The number of aliphatic hydroxyl groups excluding tert-OH is 1. The minimum Gasteiger partial charge on any atom is -0.392 e. The van der Waals surface area contributed by atoms with E-state index >= 15 is 0 Å². The molecule has 3 aromatic rings. The zero-order valence-electron chi connectivity index (χ0n) is 30.7. The Labute approximate surface area is 312 Å². The molecule has 10 rings (SSSR count). The van der Waals surface area contributed by atoms with Crippen molar-refractivity contribution in [3.05, 3.63) is 95.6 Å². The van der Waals surface area contributed by atoms with Crippen molar-refractivity contribution in [2.45, 2.75) is 94.5 Å². The van der Waals surface area contributed by atoms with Crippen LogP contribution in [-0.4, -0.2) is 65.4 Å². The largest absolute Gasteiger partial charge is 0.392 e. The van der Waals surface area contributed by atoms with Crippen LogP contribution in [0.5, 0.6) is 0 Å². The number of likely N-dealkylation sites (tertiary alicyclic amines) is 1. The van der Waals surface area contributed by atoms with Crippen molar-refractivity contribution < 1.29 is 24.2 Å². The molecule has 7 aliphatic rings. The number of para-hydroxylation sites is 1. The van der Waals surface area contributed by atoms with E-state index in [2.05, 4.69) is 44.8 Å². The molecule has 4 bridgehead atoms. The number of hydrogen-bond acceptors (Lipinski definition) is 7. The van der Waals surface area contributed by atoms with Gasteiger partial charge in [-0.05, 0) is 105 Å². The molecule has 4 aliphatic carbocycles. The van der Waals surface area contributed by atoms with Crippen LogP contribution in [-0.2, 0) is 20.9 Å². The molecule has 53 heavy (non-hydrogen) atoms. The van der Waals surface area contributed by atoms with Gasteiger partial charge in [-0.25, -0.2) is 4.79 Å². The lowest BCUT2D eigenvalue weighted by Crippen LogP contribution is -2.60. The first kappa shape index (κ1) is 34.8. The quantitative estimate of drug-likeness (QED) is 0.211. The molecule has 10 nitrogen and oxygen atoms in total. The van der Waals surface area contributed by atoms with Crippen molar-refractivity contribution in [2.75, 3.05) is 36.5 Å². The second kappa shape index (κ2) is 14.0. The molecule has 0 unspecified atom stereocenters. The maximum absolute atomic E-state index is 13.3. The van der Waals surface area contributed by atoms with Crippen molar-refractivity contribution in [3.8, 4) is 0 Å². The van der Waals surface area contributed by atoms with Gasteiger partial charge in [0.25, 0.3) is 0 Å². The molecule has 3 aromatic carbocycles. The number of hydrogen-bond donors (Lipinski definition) is 4. The van der Waals surface area contributed by atoms with Crippen LogP contribution >= 0.6 is 0 Å². The summed E-state index contributed by atoms with van der Waals surface area (Å²) in [5, 5.41) is 19.3. The summed E-state index contributed by atoms with van der Waals surface area (Å²) in [5.74, 6) is 2.47. The molecular weight excluding hydrogens is 667 g/mol. The third-order valence-corrected chi connectivity index (χ3v) is 13.5. The second-order valence-electron chi connectivity index (χ2n) is 17.0. The summed E-state index contributed by atoms with van der Waals surface area (Å²) in [6.45, 7) is 5.01. The van der Waals surface area contributed by atoms with Gasteiger partial charge in [-0.3, -0.25) is 4.79 Å². The number of aliphatic hydroxyl groups is 1. The minimum atomic E-state index is -0.598. The average molecular weight is 720 g/mol. The van der Waals surface area contributed by atoms with Crippen LogP contribution in [0.15, 0.2) is 78.9 Å². The zero-order valence-corrected chi connectivity index (χ0v) is 30.7. The average Bonchev–Trinajstić information content (AvgIpc) is 3.47. The summed E-state index contributed by atoms with van der Waals surface area (Å²) in [5.41, 5.74) is 4.04. The number of carbonyl (C=O) groups excluding carboxylic acids is 2. The maximum Gasteiger partial charge on any atom is 0.319 e. The van der Waals surface area contributed by atoms with Gasteiger partial charge < -0.3 is 40.3 Å². The number of carbonyl (C=O) groups is 2. The second-order valence-corrected chi connectivity index (χ2v) is 17.0. The smallest absolute Gasteiger partial charge is 0.319 e. The van der Waals surface area contributed by atoms with Gasteiger partial charge in [0.2, 0.25) is 5.91 Å². The number of anilines is 2. The fourth-order valence-corrected chi connectivity index (χ4v) is 11.1. The lowest BCUT2D eigenvalue weighted by Gasteiger charge is -2.56. The van der Waals surface area contributed by atoms with Gasteiger partial charge in [0.05, 0.1) is 25.5 Å². The van der Waals surface area contributed by atoms with E-state index in [1.807, 2.05) is 66.7 Å². The lowest BCUT2D eigenvalue weighted by atomic mass is 9.53. The molecule has 3 saturated heterocycles. The number of rotatable bonds is 8. The molecule has 3 aliphatic heterocycles. The van der Waals surface area contributed by atoms with Crippen molar-refractivity contribution in [1.29, 1.82) is 0 Å². The number of nitrogens with one attached hydrogen (secondary N) is 3. The minimum absolute atomic E-state index is 0.00710. The molecule has 0 radical (unpaired) electrons. The van der Waals surface area contributed by atoms with Gasteiger partial charge in [0, 0.05) is 48.0 Å². The third kappa shape index (κ3) is 6.73. The SMILES string of the molecule is C[C@@H]1[C@H](CN2CCC3(CC2)C(=O)NCN3c2ccccc2)O[C@H](c2ccc(NC(=O)NC34CC5CC(CC(C5)C3)C4)cc2)O[C@@H]1c1ccc(CO)cc1. The normalized spacial score (nSPS) is 33.2. The number of nitrogens with zero attached hydrogens (tertiary/aromatic N) is 2. The summed E-state index contributed by atoms with van der Waals surface area (Å²) < 4.78 is 13.5. The Morgan fingerprint density at radius 2 is 1.51 bits per heavy atom. The third-order valence-electron chi connectivity index (χ3n) is 13.5. The van der Waals surface area contributed by atoms with Crippen molar-refractivity contribution in [3.63, 3.8) is 0 Å². The highest BCUT2D eigenvalue weighted by Gasteiger charge is 2.52. The molecular formula is C43H53N5O5. The molecule has 7 fully saturated rings. The monoisotopic (exact) mass is 719 g/mol. The Bertz CT molecular complexity index is 1740. The van der Waals surface area contributed by atoms with Crippen LogP contribution in [0.4, 0.5) is 16.2 Å². The Kier molecular flexibility index (Phi) is 9.21. The highest BCUT2D eigenvalue weighted by Crippen LogP contribution is 2.55. The predicted octanol–water partition coefficient (Wildman–Crippen LogP) is 6.49. The van der Waals surface area contributed by atoms with E-state index in [0.717, 1.165) is 97.6 Å². The van der Waals surface area contributed by atoms with Crippen LogP contribution in [0.2, 0.25) is 0 Å². The van der Waals surface area contributed by atoms with Gasteiger partial charge >= 0.3 is 6.03 Å². The topological polar surface area (TPSA) is 115 Å². The fraction of sp³-hybridized carbons (Fsp3) is 0.535. The molecule has 280 valence electrons. The zero-order chi connectivity index (χ0) is 36.2. The first-order chi connectivity index (χ1) is 25.8. The number of piperidine rings is 1. The Hall–Kier alpha value is -3.96. The van der Waals surface area contributed by atoms with Crippen LogP contribution in [0.1, 0.15) is 87.4 Å². The fourth-order valence-electron chi connectivity index (χ4n) is 11.1. The number of amides is 3. The Balaban J connectivity index is 0.885. The Morgan fingerprint density at radius 3 is 2.15 bits per heavy atom. The van der Waals surface area contributed by atoms with Crippen LogP contribution in [0.3, 0.4) is 0 Å². The summed E-state index contributed by atoms with van der Waals surface area (Å²) in [4.78, 5) is 31.3. The van der Waals surface area contributed by atoms with Gasteiger partial charge in [-0.1, -0.05) is 61.5 Å². The Morgan fingerprint density at radius 1 is 0.868 bits per heavy atom. The highest BCUT2D eigenvalue weighted by molar-refractivity contribution is 5.93. The van der Waals surface area contributed by atoms with E-state index in [4.69, 9.17) is 9.47 Å². The molecule has 1 spiro atoms. The molecule has 3 heterocycles. The lowest BCUT2D eigenvalue weighted by molar-refractivity contribution is -0.276. The van der Waals surface area contributed by atoms with E-state index < -0.39 is 11.8 Å². The molecule has 10 heteroatoms. The van der Waals surface area contributed by atoms with E-state index in [0.29, 0.717) is 6.67 Å². The molecule has 4 N–H and O–H groups in total. The predicted molar refractivity (Wildman–Crippen MR) is 203 cm³/mol. The summed E-state index contributed by atoms with van der Waals surface area (Å²) in [7, 11) is 0. The van der Waals surface area contributed by atoms with Crippen molar-refractivity contribution >= 4 is 23.3 Å². The summed E-state index contributed by atoms with van der Waals surface area (Å²) >= 11 is 0. The van der Waals surface area contributed by atoms with Crippen molar-refractivity contribution in [1.82, 2.24) is 15.5 Å². The number of ether oxygens (including phenoxy) is 2. The van der Waals surface area contributed by atoms with Crippen molar-refractivity contribution in [2.24, 2.45) is 23.7 Å². The first-order valence-electron chi connectivity index (χ1n) is 19.8. The number of urea groups is 1. The van der Waals surface area contributed by atoms with E-state index in [1.54, 1.807) is 0 Å². The molecule has 0 aromatic heterocycles. The number of benzene rings is 3. The van der Waals surface area contributed by atoms with E-state index in [-0.39, 0.29) is 42.2 Å². The highest BCUT2D eigenvalue weighted by atomic mass is 16.7. The van der Waals surface area contributed by atoms with Crippen LogP contribution < -0.4 is 20.9 Å². The molecule has 3 amide bonds. The summed E-state index contributed by atoms with van der Waals surface area (Å²) in [6, 6.07) is 26.0. The van der Waals surface area contributed by atoms with Gasteiger partial charge in [0.1, 0.15) is 5.54 Å².